The van der Waals surface area contributed by atoms with Gasteiger partial charge < -0.3 is 15.6 Å². The normalized spacial score (nSPS) is 10.8. The van der Waals surface area contributed by atoms with E-state index in [1.54, 1.807) is 0 Å². The predicted octanol–water partition coefficient (Wildman–Crippen LogP) is 0.154. The molecule has 0 aliphatic carbocycles. The number of nitrogens with two attached hydrogens (primary N) is 1. The van der Waals surface area contributed by atoms with Gasteiger partial charge in [-0.1, -0.05) is 0 Å². The predicted molar refractivity (Wildman–Crippen MR) is 43.4 cm³/mol. The van der Waals surface area contributed by atoms with E-state index in [-0.39, 0.29) is 24.6 Å². The molecule has 0 amide bonds. The van der Waals surface area contributed by atoms with E-state index in [1.807, 2.05) is 13.8 Å². The van der Waals surface area contributed by atoms with Gasteiger partial charge in [0.25, 0.3) is 0 Å². The summed E-state index contributed by atoms with van der Waals surface area (Å²) < 4.78 is 5.15. The second-order valence-electron chi connectivity index (χ2n) is 2.54. The van der Waals surface area contributed by atoms with Crippen LogP contribution in [-0.2, 0) is 4.74 Å². The molecule has 0 aromatic heterocycles. The highest BCUT2D eigenvalue weighted by Gasteiger charge is 2.14. The molecule has 3 N–H and O–H groups in total. The van der Waals surface area contributed by atoms with Crippen molar-refractivity contribution in [3.63, 3.8) is 0 Å². The summed E-state index contributed by atoms with van der Waals surface area (Å²) in [6, 6.07) is 0. The SMILES string of the molecule is CC(C)(CN)OCCO.Cl. The van der Waals surface area contributed by atoms with Crippen molar-refractivity contribution in [2.75, 3.05) is 19.8 Å². The molecule has 4 heteroatoms. The number of hydrogen-bond donors (Lipinski definition) is 2. The average Bonchev–Trinajstić information content (AvgIpc) is 1.84. The molecule has 0 aromatic carbocycles. The van der Waals surface area contributed by atoms with Gasteiger partial charge in [-0.05, 0) is 13.8 Å². The first-order valence-electron chi connectivity index (χ1n) is 3.07. The summed E-state index contributed by atoms with van der Waals surface area (Å²) in [7, 11) is 0. The smallest absolute Gasteiger partial charge is 0.0749 e. The molecule has 0 rings (SSSR count). The summed E-state index contributed by atoms with van der Waals surface area (Å²) in [4.78, 5) is 0. The molecule has 0 saturated heterocycles. The lowest BCUT2D eigenvalue weighted by Crippen LogP contribution is -2.34. The van der Waals surface area contributed by atoms with Crippen LogP contribution in [0.25, 0.3) is 0 Å². The zero-order chi connectivity index (χ0) is 7.33. The molecule has 64 valence electrons. The molecule has 0 bridgehead atoms. The summed E-state index contributed by atoms with van der Waals surface area (Å²) in [5.41, 5.74) is 5.05. The molecular formula is C6H16ClNO2. The van der Waals surface area contributed by atoms with Crippen LogP contribution in [0.4, 0.5) is 0 Å². The van der Waals surface area contributed by atoms with Crippen LogP contribution >= 0.6 is 12.4 Å². The van der Waals surface area contributed by atoms with Crippen LogP contribution in [0.3, 0.4) is 0 Å². The van der Waals surface area contributed by atoms with E-state index in [0.29, 0.717) is 13.2 Å². The number of halogens is 1. The summed E-state index contributed by atoms with van der Waals surface area (Å²) in [6.07, 6.45) is 0. The quantitative estimate of drug-likeness (QED) is 0.630. The Morgan fingerprint density at radius 2 is 2.00 bits per heavy atom. The van der Waals surface area contributed by atoms with Gasteiger partial charge in [-0.25, -0.2) is 0 Å². The van der Waals surface area contributed by atoms with Gasteiger partial charge in [0.2, 0.25) is 0 Å². The summed E-state index contributed by atoms with van der Waals surface area (Å²) >= 11 is 0. The van der Waals surface area contributed by atoms with Crippen molar-refractivity contribution < 1.29 is 9.84 Å². The van der Waals surface area contributed by atoms with Crippen molar-refractivity contribution in [1.29, 1.82) is 0 Å². The molecule has 0 aliphatic heterocycles. The van der Waals surface area contributed by atoms with Gasteiger partial charge in [-0.3, -0.25) is 0 Å². The lowest BCUT2D eigenvalue weighted by atomic mass is 10.1. The summed E-state index contributed by atoms with van der Waals surface area (Å²) in [5, 5.41) is 8.36. The van der Waals surface area contributed by atoms with E-state index >= 15 is 0 Å². The van der Waals surface area contributed by atoms with Gasteiger partial charge in [0.05, 0.1) is 18.8 Å². The molecule has 0 heterocycles. The third-order valence-electron chi connectivity index (χ3n) is 1.08. The largest absolute Gasteiger partial charge is 0.394 e. The average molecular weight is 170 g/mol. The minimum atomic E-state index is -0.289. The molecule has 3 nitrogen and oxygen atoms in total. The Balaban J connectivity index is 0. The molecule has 0 unspecified atom stereocenters. The van der Waals surface area contributed by atoms with E-state index < -0.39 is 0 Å². The van der Waals surface area contributed by atoms with Gasteiger partial charge >= 0.3 is 0 Å². The zero-order valence-corrected chi connectivity index (χ0v) is 7.28. The fourth-order valence-corrected chi connectivity index (χ4v) is 0.381. The zero-order valence-electron chi connectivity index (χ0n) is 6.46. The van der Waals surface area contributed by atoms with Gasteiger partial charge in [0.1, 0.15) is 0 Å². The maximum absolute atomic E-state index is 8.36. The maximum Gasteiger partial charge on any atom is 0.0749 e. The lowest BCUT2D eigenvalue weighted by molar-refractivity contribution is -0.0264. The maximum atomic E-state index is 8.36. The number of aliphatic hydroxyl groups is 1. The van der Waals surface area contributed by atoms with Crippen LogP contribution < -0.4 is 5.73 Å². The van der Waals surface area contributed by atoms with Crippen molar-refractivity contribution in [2.24, 2.45) is 5.73 Å². The lowest BCUT2D eigenvalue weighted by Gasteiger charge is -2.22. The van der Waals surface area contributed by atoms with E-state index in [0.717, 1.165) is 0 Å². The minimum absolute atomic E-state index is 0. The van der Waals surface area contributed by atoms with Gasteiger partial charge in [0.15, 0.2) is 0 Å². The van der Waals surface area contributed by atoms with Gasteiger partial charge in [-0.2, -0.15) is 0 Å². The standard InChI is InChI=1S/C6H15NO2.ClH/c1-6(2,5-7)9-4-3-8;/h8H,3-5,7H2,1-2H3;1H. The third-order valence-corrected chi connectivity index (χ3v) is 1.08. The fraction of sp³-hybridized carbons (Fsp3) is 1.00. The van der Waals surface area contributed by atoms with E-state index in [9.17, 15) is 0 Å². The van der Waals surface area contributed by atoms with Crippen molar-refractivity contribution in [3.8, 4) is 0 Å². The first-order chi connectivity index (χ1) is 4.12. The molecule has 0 aromatic rings. The number of aliphatic hydroxyl groups excluding tert-OH is 1. The molecule has 10 heavy (non-hydrogen) atoms. The molecule has 0 radical (unpaired) electrons. The molecule has 0 aliphatic rings. The highest BCUT2D eigenvalue weighted by Crippen LogP contribution is 2.04. The van der Waals surface area contributed by atoms with Crippen LogP contribution in [0.15, 0.2) is 0 Å². The van der Waals surface area contributed by atoms with Crippen LogP contribution in [0.2, 0.25) is 0 Å². The highest BCUT2D eigenvalue weighted by molar-refractivity contribution is 5.85. The van der Waals surface area contributed by atoms with E-state index in [4.69, 9.17) is 15.6 Å². The van der Waals surface area contributed by atoms with E-state index in [2.05, 4.69) is 0 Å². The number of hydrogen-bond acceptors (Lipinski definition) is 3. The monoisotopic (exact) mass is 169 g/mol. The Morgan fingerprint density at radius 1 is 1.50 bits per heavy atom. The topological polar surface area (TPSA) is 55.5 Å². The molecule has 0 saturated carbocycles. The first kappa shape index (κ1) is 12.8. The fourth-order valence-electron chi connectivity index (χ4n) is 0.381. The Morgan fingerprint density at radius 3 is 2.30 bits per heavy atom. The van der Waals surface area contributed by atoms with Crippen molar-refractivity contribution in [2.45, 2.75) is 19.4 Å². The van der Waals surface area contributed by atoms with Crippen molar-refractivity contribution >= 4 is 12.4 Å². The Hall–Kier alpha value is 0.170. The van der Waals surface area contributed by atoms with Crippen molar-refractivity contribution in [1.82, 2.24) is 0 Å². The molecule has 0 fully saturated rings. The first-order valence-corrected chi connectivity index (χ1v) is 3.07. The Bertz CT molecular complexity index is 78.1. The summed E-state index contributed by atoms with van der Waals surface area (Å²) in [6.45, 7) is 4.69. The highest BCUT2D eigenvalue weighted by atomic mass is 35.5. The molecule has 0 atom stereocenters. The van der Waals surface area contributed by atoms with Crippen molar-refractivity contribution in [3.05, 3.63) is 0 Å². The second-order valence-corrected chi connectivity index (χ2v) is 2.54. The third kappa shape index (κ3) is 6.29. The summed E-state index contributed by atoms with van der Waals surface area (Å²) in [5.74, 6) is 0. The Kier molecular flexibility index (Phi) is 7.58. The van der Waals surface area contributed by atoms with Crippen LogP contribution in [0.1, 0.15) is 13.8 Å². The van der Waals surface area contributed by atoms with E-state index in [1.165, 1.54) is 0 Å². The number of ether oxygens (including phenoxy) is 1. The van der Waals surface area contributed by atoms with Gasteiger partial charge in [0, 0.05) is 6.54 Å². The van der Waals surface area contributed by atoms with Crippen LogP contribution in [-0.4, -0.2) is 30.5 Å². The number of rotatable bonds is 4. The van der Waals surface area contributed by atoms with Crippen LogP contribution in [0.5, 0.6) is 0 Å². The minimum Gasteiger partial charge on any atom is -0.394 e. The second kappa shape index (κ2) is 5.92. The van der Waals surface area contributed by atoms with Crippen LogP contribution in [0, 0.1) is 0 Å². The van der Waals surface area contributed by atoms with Gasteiger partial charge in [-0.15, -0.1) is 12.4 Å². The molecular weight excluding hydrogens is 154 g/mol. The molecule has 0 spiro atoms. The Labute approximate surface area is 68.0 Å².